The fourth-order valence-corrected chi connectivity index (χ4v) is 2.13. The largest absolute Gasteiger partial charge is 0.378 e. The molecule has 1 unspecified atom stereocenters. The highest BCUT2D eigenvalue weighted by molar-refractivity contribution is 5.81. The van der Waals surface area contributed by atoms with Gasteiger partial charge in [-0.25, -0.2) is 0 Å². The standard InChI is InChI=1S/C13H22N4O2/c1-10(13(18)17-4-6-19-7-5-17)14-8-12-9-15-16(3)11(12)2/h9-10,14H,4-8H2,1-3H3. The Hall–Kier alpha value is -1.40. The maximum atomic E-state index is 12.2. The van der Waals surface area contributed by atoms with Crippen LogP contribution in [0.2, 0.25) is 0 Å². The highest BCUT2D eigenvalue weighted by Gasteiger charge is 2.22. The SMILES string of the molecule is Cc1c(CNC(C)C(=O)N2CCOCC2)cnn1C. The van der Waals surface area contributed by atoms with E-state index < -0.39 is 0 Å². The van der Waals surface area contributed by atoms with E-state index in [0.29, 0.717) is 32.8 Å². The van der Waals surface area contributed by atoms with Gasteiger partial charge in [-0.1, -0.05) is 0 Å². The second kappa shape index (κ2) is 6.16. The van der Waals surface area contributed by atoms with Gasteiger partial charge in [-0.05, 0) is 13.8 Å². The summed E-state index contributed by atoms with van der Waals surface area (Å²) in [5.74, 6) is 0.143. The molecule has 19 heavy (non-hydrogen) atoms. The minimum atomic E-state index is -0.183. The zero-order valence-corrected chi connectivity index (χ0v) is 11.8. The highest BCUT2D eigenvalue weighted by atomic mass is 16.5. The molecule has 1 aromatic heterocycles. The van der Waals surface area contributed by atoms with Gasteiger partial charge in [0.1, 0.15) is 0 Å². The third kappa shape index (κ3) is 3.33. The lowest BCUT2D eigenvalue weighted by Gasteiger charge is -2.29. The highest BCUT2D eigenvalue weighted by Crippen LogP contribution is 2.06. The molecule has 2 rings (SSSR count). The van der Waals surface area contributed by atoms with Crippen LogP contribution in [-0.4, -0.2) is 52.9 Å². The predicted molar refractivity (Wildman–Crippen MR) is 71.6 cm³/mol. The molecule has 1 amide bonds. The fourth-order valence-electron chi connectivity index (χ4n) is 2.13. The number of hydrogen-bond donors (Lipinski definition) is 1. The van der Waals surface area contributed by atoms with Crippen LogP contribution < -0.4 is 5.32 Å². The zero-order valence-electron chi connectivity index (χ0n) is 11.8. The van der Waals surface area contributed by atoms with Crippen LogP contribution in [0.3, 0.4) is 0 Å². The molecule has 1 aromatic rings. The molecule has 0 aliphatic carbocycles. The van der Waals surface area contributed by atoms with Gasteiger partial charge >= 0.3 is 0 Å². The van der Waals surface area contributed by atoms with E-state index in [2.05, 4.69) is 10.4 Å². The van der Waals surface area contributed by atoms with Crippen molar-refractivity contribution in [2.75, 3.05) is 26.3 Å². The third-order valence-corrected chi connectivity index (χ3v) is 3.63. The number of aromatic nitrogens is 2. The first-order valence-electron chi connectivity index (χ1n) is 6.67. The lowest BCUT2D eigenvalue weighted by molar-refractivity contribution is -0.137. The molecule has 0 spiro atoms. The lowest BCUT2D eigenvalue weighted by atomic mass is 10.2. The van der Waals surface area contributed by atoms with E-state index >= 15 is 0 Å². The van der Waals surface area contributed by atoms with Crippen LogP contribution in [0.5, 0.6) is 0 Å². The van der Waals surface area contributed by atoms with E-state index in [1.54, 1.807) is 0 Å². The van der Waals surface area contributed by atoms with Crippen molar-refractivity contribution >= 4 is 5.91 Å². The van der Waals surface area contributed by atoms with Gasteiger partial charge in [-0.15, -0.1) is 0 Å². The van der Waals surface area contributed by atoms with E-state index in [9.17, 15) is 4.79 Å². The number of nitrogens with one attached hydrogen (secondary N) is 1. The van der Waals surface area contributed by atoms with Gasteiger partial charge in [-0.2, -0.15) is 5.10 Å². The topological polar surface area (TPSA) is 59.4 Å². The van der Waals surface area contributed by atoms with E-state index in [1.165, 1.54) is 0 Å². The lowest BCUT2D eigenvalue weighted by Crippen LogP contribution is -2.49. The molecule has 106 valence electrons. The van der Waals surface area contributed by atoms with Crippen molar-refractivity contribution in [2.45, 2.75) is 26.4 Å². The molecule has 2 heterocycles. The fraction of sp³-hybridized carbons (Fsp3) is 0.692. The monoisotopic (exact) mass is 266 g/mol. The summed E-state index contributed by atoms with van der Waals surface area (Å²) in [5.41, 5.74) is 2.25. The van der Waals surface area contributed by atoms with Crippen molar-refractivity contribution in [3.63, 3.8) is 0 Å². The van der Waals surface area contributed by atoms with Crippen LogP contribution >= 0.6 is 0 Å². The molecule has 1 saturated heterocycles. The molecule has 1 aliphatic heterocycles. The minimum Gasteiger partial charge on any atom is -0.378 e. The van der Waals surface area contributed by atoms with Crippen molar-refractivity contribution in [1.82, 2.24) is 20.0 Å². The number of carbonyl (C=O) groups is 1. The Morgan fingerprint density at radius 1 is 1.53 bits per heavy atom. The molecule has 0 bridgehead atoms. The molecule has 1 N–H and O–H groups in total. The maximum Gasteiger partial charge on any atom is 0.239 e. The maximum absolute atomic E-state index is 12.2. The van der Waals surface area contributed by atoms with Crippen LogP contribution in [0.4, 0.5) is 0 Å². The summed E-state index contributed by atoms with van der Waals surface area (Å²) < 4.78 is 7.09. The molecule has 0 aromatic carbocycles. The van der Waals surface area contributed by atoms with E-state index in [0.717, 1.165) is 11.3 Å². The summed E-state index contributed by atoms with van der Waals surface area (Å²) in [6.45, 7) is 7.26. The molecular weight excluding hydrogens is 244 g/mol. The summed E-state index contributed by atoms with van der Waals surface area (Å²) in [7, 11) is 1.92. The molecular formula is C13H22N4O2. The minimum absolute atomic E-state index is 0.143. The number of aryl methyl sites for hydroxylation is 1. The average molecular weight is 266 g/mol. The Bertz CT molecular complexity index is 438. The smallest absolute Gasteiger partial charge is 0.239 e. The number of ether oxygens (including phenoxy) is 1. The Balaban J connectivity index is 1.85. The van der Waals surface area contributed by atoms with E-state index in [1.807, 2.05) is 36.7 Å². The second-order valence-electron chi connectivity index (χ2n) is 4.92. The van der Waals surface area contributed by atoms with E-state index in [4.69, 9.17) is 4.74 Å². The molecule has 1 aliphatic rings. The van der Waals surface area contributed by atoms with Gasteiger partial charge in [0, 0.05) is 37.9 Å². The molecule has 1 atom stereocenters. The summed E-state index contributed by atoms with van der Waals surface area (Å²) in [6.07, 6.45) is 1.84. The van der Waals surface area contributed by atoms with Crippen molar-refractivity contribution in [3.05, 3.63) is 17.5 Å². The van der Waals surface area contributed by atoms with Crippen LogP contribution in [0, 0.1) is 6.92 Å². The Labute approximate surface area is 113 Å². The van der Waals surface area contributed by atoms with Crippen molar-refractivity contribution in [1.29, 1.82) is 0 Å². The van der Waals surface area contributed by atoms with Crippen LogP contribution in [0.1, 0.15) is 18.2 Å². The van der Waals surface area contributed by atoms with Gasteiger partial charge in [0.05, 0.1) is 25.5 Å². The van der Waals surface area contributed by atoms with Crippen LogP contribution in [-0.2, 0) is 23.1 Å². The normalized spacial score (nSPS) is 17.5. The first kappa shape index (κ1) is 14.0. The quantitative estimate of drug-likeness (QED) is 0.837. The van der Waals surface area contributed by atoms with Crippen LogP contribution in [0.25, 0.3) is 0 Å². The van der Waals surface area contributed by atoms with Gasteiger partial charge in [0.25, 0.3) is 0 Å². The molecule has 0 radical (unpaired) electrons. The van der Waals surface area contributed by atoms with Crippen molar-refractivity contribution < 1.29 is 9.53 Å². The predicted octanol–water partition coefficient (Wildman–Crippen LogP) is 0.0654. The van der Waals surface area contributed by atoms with Gasteiger partial charge in [0.15, 0.2) is 0 Å². The number of amides is 1. The first-order chi connectivity index (χ1) is 9.09. The Morgan fingerprint density at radius 2 is 2.21 bits per heavy atom. The van der Waals surface area contributed by atoms with Gasteiger partial charge < -0.3 is 15.0 Å². The van der Waals surface area contributed by atoms with Crippen LogP contribution in [0.15, 0.2) is 6.20 Å². The average Bonchev–Trinajstić information content (AvgIpc) is 2.76. The number of nitrogens with zero attached hydrogens (tertiary/aromatic N) is 3. The Kier molecular flexibility index (Phi) is 4.55. The number of hydrogen-bond acceptors (Lipinski definition) is 4. The number of rotatable bonds is 4. The summed E-state index contributed by atoms with van der Waals surface area (Å²) in [6, 6.07) is -0.183. The zero-order chi connectivity index (χ0) is 13.8. The molecule has 6 nitrogen and oxygen atoms in total. The summed E-state index contributed by atoms with van der Waals surface area (Å²) in [5, 5.41) is 7.46. The van der Waals surface area contributed by atoms with Gasteiger partial charge in [-0.3, -0.25) is 9.48 Å². The molecule has 6 heteroatoms. The van der Waals surface area contributed by atoms with Crippen molar-refractivity contribution in [3.8, 4) is 0 Å². The first-order valence-corrected chi connectivity index (χ1v) is 6.67. The molecule has 0 saturated carbocycles. The summed E-state index contributed by atoms with van der Waals surface area (Å²) in [4.78, 5) is 14.1. The number of morpholine rings is 1. The van der Waals surface area contributed by atoms with Gasteiger partial charge in [0.2, 0.25) is 5.91 Å². The van der Waals surface area contributed by atoms with E-state index in [-0.39, 0.29) is 11.9 Å². The Morgan fingerprint density at radius 3 is 2.79 bits per heavy atom. The number of carbonyl (C=O) groups excluding carboxylic acids is 1. The van der Waals surface area contributed by atoms with Crippen molar-refractivity contribution in [2.24, 2.45) is 7.05 Å². The molecule has 1 fully saturated rings. The second-order valence-corrected chi connectivity index (χ2v) is 4.92. The third-order valence-electron chi connectivity index (χ3n) is 3.63. The summed E-state index contributed by atoms with van der Waals surface area (Å²) >= 11 is 0.